The number of thioether (sulfide) groups is 1. The number of carbonyl (C=O) groups is 1. The van der Waals surface area contributed by atoms with E-state index in [9.17, 15) is 13.2 Å². The summed E-state index contributed by atoms with van der Waals surface area (Å²) in [4.78, 5) is 17.5. The lowest BCUT2D eigenvalue weighted by Gasteiger charge is -2.16. The van der Waals surface area contributed by atoms with Crippen LogP contribution in [0.25, 0.3) is 11.3 Å². The molecule has 0 aliphatic carbocycles. The average Bonchev–Trinajstić information content (AvgIpc) is 3.18. The molecule has 1 amide bonds. The highest BCUT2D eigenvalue weighted by Gasteiger charge is 2.21. The molecule has 0 bridgehead atoms. The summed E-state index contributed by atoms with van der Waals surface area (Å²) < 4.78 is 26.7. The summed E-state index contributed by atoms with van der Waals surface area (Å²) in [6.45, 7) is 3.63. The molecular weight excluding hydrogens is 438 g/mol. The number of thiazole rings is 1. The third-order valence-corrected chi connectivity index (χ3v) is 8.33. The Labute approximate surface area is 185 Å². The molecule has 2 aromatic carbocycles. The van der Waals surface area contributed by atoms with Crippen LogP contribution in [-0.2, 0) is 14.8 Å². The summed E-state index contributed by atoms with van der Waals surface area (Å²) in [7, 11) is -0.624. The van der Waals surface area contributed by atoms with Gasteiger partial charge in [0.1, 0.15) is 0 Å². The van der Waals surface area contributed by atoms with E-state index in [1.165, 1.54) is 43.3 Å². The normalized spacial score (nSPS) is 12.7. The largest absolute Gasteiger partial charge is 0.325 e. The minimum Gasteiger partial charge on any atom is -0.325 e. The highest BCUT2D eigenvalue weighted by molar-refractivity contribution is 8.02. The van der Waals surface area contributed by atoms with Crippen molar-refractivity contribution in [3.63, 3.8) is 0 Å². The number of sulfonamides is 1. The molecule has 0 aliphatic rings. The number of rotatable bonds is 7. The van der Waals surface area contributed by atoms with Gasteiger partial charge in [0, 0.05) is 30.7 Å². The minimum absolute atomic E-state index is 0.140. The molecule has 0 fully saturated rings. The van der Waals surface area contributed by atoms with Gasteiger partial charge in [0.05, 0.1) is 15.8 Å². The van der Waals surface area contributed by atoms with Gasteiger partial charge in [-0.2, -0.15) is 0 Å². The maximum atomic E-state index is 12.7. The molecular formula is C21H23N3O3S3. The number of anilines is 1. The summed E-state index contributed by atoms with van der Waals surface area (Å²) in [5, 5.41) is 4.43. The molecule has 158 valence electrons. The van der Waals surface area contributed by atoms with E-state index < -0.39 is 15.3 Å². The minimum atomic E-state index is -3.58. The molecule has 3 rings (SSSR count). The van der Waals surface area contributed by atoms with Crippen molar-refractivity contribution in [2.75, 3.05) is 19.4 Å². The van der Waals surface area contributed by atoms with Gasteiger partial charge in [0.15, 0.2) is 4.34 Å². The molecule has 1 heterocycles. The fourth-order valence-corrected chi connectivity index (χ4v) is 5.50. The Bertz CT molecular complexity index is 1140. The number of amides is 1. The van der Waals surface area contributed by atoms with Crippen LogP contribution >= 0.6 is 23.1 Å². The molecule has 1 unspecified atom stereocenters. The molecule has 0 saturated carbocycles. The van der Waals surface area contributed by atoms with Gasteiger partial charge in [0.2, 0.25) is 15.9 Å². The molecule has 30 heavy (non-hydrogen) atoms. The van der Waals surface area contributed by atoms with Crippen LogP contribution in [0.15, 0.2) is 63.1 Å². The summed E-state index contributed by atoms with van der Waals surface area (Å²) in [6.07, 6.45) is 0. The van der Waals surface area contributed by atoms with E-state index >= 15 is 0 Å². The van der Waals surface area contributed by atoms with Crippen molar-refractivity contribution in [2.45, 2.75) is 28.3 Å². The van der Waals surface area contributed by atoms with Crippen molar-refractivity contribution >= 4 is 44.7 Å². The summed E-state index contributed by atoms with van der Waals surface area (Å²) >= 11 is 2.87. The molecule has 9 heteroatoms. The highest BCUT2D eigenvalue weighted by Crippen LogP contribution is 2.31. The Balaban J connectivity index is 1.71. The highest BCUT2D eigenvalue weighted by atomic mass is 32.2. The zero-order valence-electron chi connectivity index (χ0n) is 17.1. The second kappa shape index (κ2) is 9.30. The number of benzene rings is 2. The number of hydrogen-bond acceptors (Lipinski definition) is 6. The van der Waals surface area contributed by atoms with Gasteiger partial charge < -0.3 is 5.32 Å². The van der Waals surface area contributed by atoms with Crippen LogP contribution in [0.2, 0.25) is 0 Å². The van der Waals surface area contributed by atoms with Gasteiger partial charge in [-0.05, 0) is 31.5 Å². The quantitative estimate of drug-likeness (QED) is 0.525. The van der Waals surface area contributed by atoms with Crippen molar-refractivity contribution in [1.29, 1.82) is 0 Å². The molecule has 3 aromatic rings. The van der Waals surface area contributed by atoms with Gasteiger partial charge in [-0.1, -0.05) is 48.2 Å². The summed E-state index contributed by atoms with van der Waals surface area (Å²) in [5.41, 5.74) is 3.19. The van der Waals surface area contributed by atoms with Gasteiger partial charge in [-0.25, -0.2) is 17.7 Å². The third-order valence-electron chi connectivity index (χ3n) is 4.44. The second-order valence-corrected chi connectivity index (χ2v) is 11.5. The lowest BCUT2D eigenvalue weighted by Crippen LogP contribution is -2.24. The van der Waals surface area contributed by atoms with Crippen LogP contribution in [-0.4, -0.2) is 43.0 Å². The zero-order chi connectivity index (χ0) is 21.9. The molecule has 6 nitrogen and oxygen atoms in total. The number of aryl methyl sites for hydroxylation is 1. The van der Waals surface area contributed by atoms with E-state index in [0.29, 0.717) is 5.69 Å². The first kappa shape index (κ1) is 22.5. The summed E-state index contributed by atoms with van der Waals surface area (Å²) in [6, 6.07) is 14.6. The fraction of sp³-hybridized carbons (Fsp3) is 0.238. The zero-order valence-corrected chi connectivity index (χ0v) is 19.6. The number of hydrogen-bond donors (Lipinski definition) is 1. The molecule has 1 aromatic heterocycles. The third kappa shape index (κ3) is 5.10. The number of carbonyl (C=O) groups excluding carboxylic acids is 1. The maximum Gasteiger partial charge on any atom is 0.242 e. The van der Waals surface area contributed by atoms with Gasteiger partial charge >= 0.3 is 0 Å². The Morgan fingerprint density at radius 3 is 2.53 bits per heavy atom. The first-order valence-electron chi connectivity index (χ1n) is 9.20. The Hall–Kier alpha value is -2.20. The van der Waals surface area contributed by atoms with Gasteiger partial charge in [-0.3, -0.25) is 4.79 Å². The fourth-order valence-electron chi connectivity index (χ4n) is 2.60. The van der Waals surface area contributed by atoms with E-state index in [0.717, 1.165) is 25.5 Å². The second-order valence-electron chi connectivity index (χ2n) is 6.88. The van der Waals surface area contributed by atoms with E-state index in [4.69, 9.17) is 0 Å². The van der Waals surface area contributed by atoms with Crippen LogP contribution in [0.4, 0.5) is 5.69 Å². The molecule has 0 aliphatic heterocycles. The lowest BCUT2D eigenvalue weighted by molar-refractivity contribution is -0.115. The van der Waals surface area contributed by atoms with Crippen molar-refractivity contribution in [2.24, 2.45) is 0 Å². The van der Waals surface area contributed by atoms with E-state index in [1.54, 1.807) is 19.1 Å². The van der Waals surface area contributed by atoms with Crippen molar-refractivity contribution in [1.82, 2.24) is 9.29 Å². The first-order chi connectivity index (χ1) is 14.2. The predicted molar refractivity (Wildman–Crippen MR) is 124 cm³/mol. The lowest BCUT2D eigenvalue weighted by atomic mass is 10.2. The monoisotopic (exact) mass is 461 g/mol. The van der Waals surface area contributed by atoms with Crippen LogP contribution in [0.3, 0.4) is 0 Å². The standard InChI is InChI=1S/C21H23N3O3S3/c1-14-10-11-17(30(26,27)24(3)4)12-18(14)22-20(25)15(2)29-21-23-19(13-28-21)16-8-6-5-7-9-16/h5-13,15H,1-4H3,(H,22,25). The van der Waals surface area contributed by atoms with E-state index in [2.05, 4.69) is 10.3 Å². The number of nitrogens with zero attached hydrogens (tertiary/aromatic N) is 2. The Morgan fingerprint density at radius 2 is 1.87 bits per heavy atom. The van der Waals surface area contributed by atoms with Gasteiger partial charge in [0.25, 0.3) is 0 Å². The maximum absolute atomic E-state index is 12.7. The van der Waals surface area contributed by atoms with Crippen molar-refractivity contribution in [3.05, 3.63) is 59.5 Å². The molecule has 0 spiro atoms. The Morgan fingerprint density at radius 1 is 1.17 bits per heavy atom. The molecule has 0 radical (unpaired) electrons. The smallest absolute Gasteiger partial charge is 0.242 e. The summed E-state index contributed by atoms with van der Waals surface area (Å²) in [5.74, 6) is -0.209. The van der Waals surface area contributed by atoms with Crippen LogP contribution in [0.5, 0.6) is 0 Å². The Kier molecular flexibility index (Phi) is 6.97. The van der Waals surface area contributed by atoms with Crippen molar-refractivity contribution in [3.8, 4) is 11.3 Å². The predicted octanol–water partition coefficient (Wildman–Crippen LogP) is 4.49. The molecule has 1 atom stereocenters. The first-order valence-corrected chi connectivity index (χ1v) is 12.4. The topological polar surface area (TPSA) is 79.4 Å². The number of aromatic nitrogens is 1. The van der Waals surface area contributed by atoms with E-state index in [-0.39, 0.29) is 10.8 Å². The van der Waals surface area contributed by atoms with Crippen LogP contribution in [0.1, 0.15) is 12.5 Å². The SMILES string of the molecule is Cc1ccc(S(=O)(=O)N(C)C)cc1NC(=O)C(C)Sc1nc(-c2ccccc2)cs1. The average molecular weight is 462 g/mol. The van der Waals surface area contributed by atoms with E-state index in [1.807, 2.05) is 42.6 Å². The van der Waals surface area contributed by atoms with Crippen LogP contribution in [0, 0.1) is 6.92 Å². The molecule has 0 saturated heterocycles. The van der Waals surface area contributed by atoms with Gasteiger partial charge in [-0.15, -0.1) is 11.3 Å². The number of nitrogens with one attached hydrogen (secondary N) is 1. The van der Waals surface area contributed by atoms with Crippen LogP contribution < -0.4 is 5.32 Å². The van der Waals surface area contributed by atoms with Crippen molar-refractivity contribution < 1.29 is 13.2 Å². The molecule has 1 N–H and O–H groups in total.